The van der Waals surface area contributed by atoms with Gasteiger partial charge in [0.05, 0.1) is 0 Å². The molecule has 0 aromatic heterocycles. The first-order valence-electron chi connectivity index (χ1n) is 8.03. The monoisotopic (exact) mass is 334 g/mol. The summed E-state index contributed by atoms with van der Waals surface area (Å²) in [5.74, 6) is -0.795. The van der Waals surface area contributed by atoms with Gasteiger partial charge in [-0.25, -0.2) is 4.39 Å². The molecule has 1 atom stereocenters. The lowest BCUT2D eigenvalue weighted by Gasteiger charge is -2.29. The first kappa shape index (κ1) is 16.9. The van der Waals surface area contributed by atoms with E-state index in [-0.39, 0.29) is 5.91 Å². The Balaban J connectivity index is 1.94. The topological polar surface area (TPSA) is 55.1 Å². The molecule has 0 aliphatic rings. The van der Waals surface area contributed by atoms with Gasteiger partial charge in [-0.1, -0.05) is 66.7 Å². The molecule has 4 heteroatoms. The highest BCUT2D eigenvalue weighted by Crippen LogP contribution is 2.25. The Kier molecular flexibility index (Phi) is 4.91. The summed E-state index contributed by atoms with van der Waals surface area (Å²) in [5.41, 5.74) is 7.33. The minimum Gasteiger partial charge on any atom is -0.324 e. The van der Waals surface area contributed by atoms with Crippen LogP contribution in [-0.4, -0.2) is 5.91 Å². The first-order valence-corrected chi connectivity index (χ1v) is 8.03. The van der Waals surface area contributed by atoms with Gasteiger partial charge in [-0.15, -0.1) is 0 Å². The molecule has 0 fully saturated rings. The summed E-state index contributed by atoms with van der Waals surface area (Å²) < 4.78 is 13.4. The lowest BCUT2D eigenvalue weighted by molar-refractivity contribution is -0.121. The van der Waals surface area contributed by atoms with Crippen LogP contribution in [-0.2, 0) is 16.8 Å². The van der Waals surface area contributed by atoms with Crippen LogP contribution in [0.5, 0.6) is 0 Å². The van der Waals surface area contributed by atoms with E-state index >= 15 is 0 Å². The molecule has 0 radical (unpaired) electrons. The molecule has 25 heavy (non-hydrogen) atoms. The average molecular weight is 334 g/mol. The van der Waals surface area contributed by atoms with E-state index in [2.05, 4.69) is 5.32 Å². The maximum absolute atomic E-state index is 13.4. The lowest BCUT2D eigenvalue weighted by atomic mass is 9.83. The van der Waals surface area contributed by atoms with Gasteiger partial charge >= 0.3 is 0 Å². The molecule has 3 aromatic carbocycles. The zero-order valence-electron chi connectivity index (χ0n) is 13.7. The number of carbonyl (C=O) groups excluding carboxylic acids is 1. The molecule has 1 amide bonds. The molecule has 3 N–H and O–H groups in total. The molecule has 0 saturated heterocycles. The van der Waals surface area contributed by atoms with Gasteiger partial charge in [-0.2, -0.15) is 0 Å². The van der Waals surface area contributed by atoms with Gasteiger partial charge in [0.25, 0.3) is 0 Å². The van der Waals surface area contributed by atoms with Gasteiger partial charge in [0.15, 0.2) is 0 Å². The summed E-state index contributed by atoms with van der Waals surface area (Å²) >= 11 is 0. The number of nitrogens with two attached hydrogens (primary N) is 1. The minimum atomic E-state index is -1.27. The van der Waals surface area contributed by atoms with E-state index in [4.69, 9.17) is 5.73 Å². The highest BCUT2D eigenvalue weighted by Gasteiger charge is 2.36. The van der Waals surface area contributed by atoms with Crippen LogP contribution in [0.4, 0.5) is 10.1 Å². The van der Waals surface area contributed by atoms with Gasteiger partial charge in [-0.05, 0) is 29.3 Å². The fourth-order valence-electron chi connectivity index (χ4n) is 2.78. The van der Waals surface area contributed by atoms with Crippen LogP contribution in [0.25, 0.3) is 0 Å². The Morgan fingerprint density at radius 2 is 1.56 bits per heavy atom. The van der Waals surface area contributed by atoms with Crippen molar-refractivity contribution < 1.29 is 9.18 Å². The van der Waals surface area contributed by atoms with Crippen molar-refractivity contribution in [3.8, 4) is 0 Å². The van der Waals surface area contributed by atoms with Crippen LogP contribution in [0.1, 0.15) is 11.1 Å². The molecule has 0 heterocycles. The molecule has 3 aromatic rings. The Morgan fingerprint density at radius 1 is 0.920 bits per heavy atom. The highest BCUT2D eigenvalue weighted by molar-refractivity contribution is 5.98. The smallest absolute Gasteiger partial charge is 0.249 e. The van der Waals surface area contributed by atoms with Crippen molar-refractivity contribution >= 4 is 11.6 Å². The second kappa shape index (κ2) is 7.28. The van der Waals surface area contributed by atoms with Gasteiger partial charge < -0.3 is 11.1 Å². The first-order chi connectivity index (χ1) is 12.1. The van der Waals surface area contributed by atoms with Crippen LogP contribution < -0.4 is 11.1 Å². The number of halogens is 1. The second-order valence-electron chi connectivity index (χ2n) is 5.96. The van der Waals surface area contributed by atoms with Crippen molar-refractivity contribution in [3.63, 3.8) is 0 Å². The normalized spacial score (nSPS) is 13.0. The maximum atomic E-state index is 13.4. The minimum absolute atomic E-state index is 0.332. The van der Waals surface area contributed by atoms with E-state index in [0.29, 0.717) is 17.7 Å². The molecule has 0 unspecified atom stereocenters. The molecule has 3 rings (SSSR count). The Hall–Kier alpha value is -2.98. The molecule has 0 aliphatic carbocycles. The van der Waals surface area contributed by atoms with Crippen molar-refractivity contribution in [3.05, 3.63) is 102 Å². The Labute approximate surface area is 146 Å². The number of hydrogen-bond acceptors (Lipinski definition) is 2. The van der Waals surface area contributed by atoms with Gasteiger partial charge in [0.2, 0.25) is 5.91 Å². The molecule has 0 bridgehead atoms. The maximum Gasteiger partial charge on any atom is 0.249 e. The third-order valence-electron chi connectivity index (χ3n) is 4.10. The van der Waals surface area contributed by atoms with Gasteiger partial charge in [0, 0.05) is 12.1 Å². The van der Waals surface area contributed by atoms with E-state index in [1.54, 1.807) is 12.1 Å². The fourth-order valence-corrected chi connectivity index (χ4v) is 2.78. The number of anilines is 1. The summed E-state index contributed by atoms with van der Waals surface area (Å²) in [5, 5.41) is 2.74. The number of nitrogens with one attached hydrogen (secondary N) is 1. The van der Waals surface area contributed by atoms with Crippen molar-refractivity contribution in [2.45, 2.75) is 12.0 Å². The zero-order valence-corrected chi connectivity index (χ0v) is 13.7. The molecule has 0 aliphatic heterocycles. The van der Waals surface area contributed by atoms with Crippen molar-refractivity contribution in [2.24, 2.45) is 5.73 Å². The van der Waals surface area contributed by atoms with Crippen LogP contribution in [0.3, 0.4) is 0 Å². The predicted octanol–water partition coefficient (Wildman–Crippen LogP) is 3.86. The van der Waals surface area contributed by atoms with Crippen molar-refractivity contribution in [1.82, 2.24) is 0 Å². The van der Waals surface area contributed by atoms with Crippen LogP contribution >= 0.6 is 0 Å². The lowest BCUT2D eigenvalue weighted by Crippen LogP contribution is -2.50. The number of rotatable bonds is 5. The SMILES string of the molecule is N[C@@](Cc1ccccc1)(C(=O)Nc1cccc(F)c1)c1ccccc1. The van der Waals surface area contributed by atoms with Crippen LogP contribution in [0.15, 0.2) is 84.9 Å². The van der Waals surface area contributed by atoms with E-state index in [0.717, 1.165) is 5.56 Å². The van der Waals surface area contributed by atoms with E-state index in [9.17, 15) is 9.18 Å². The number of benzene rings is 3. The number of hydrogen-bond donors (Lipinski definition) is 2. The number of carbonyl (C=O) groups is 1. The predicted molar refractivity (Wildman–Crippen MR) is 97.5 cm³/mol. The molecule has 126 valence electrons. The van der Waals surface area contributed by atoms with Crippen LogP contribution in [0, 0.1) is 5.82 Å². The molecular weight excluding hydrogens is 315 g/mol. The third-order valence-corrected chi connectivity index (χ3v) is 4.10. The van der Waals surface area contributed by atoms with Crippen LogP contribution in [0.2, 0.25) is 0 Å². The molecule has 0 saturated carbocycles. The molecule has 3 nitrogen and oxygen atoms in total. The summed E-state index contributed by atoms with van der Waals surface area (Å²) in [6.45, 7) is 0. The summed E-state index contributed by atoms with van der Waals surface area (Å²) in [4.78, 5) is 13.0. The standard InChI is InChI=1S/C21H19FN2O/c22-18-12-7-13-19(14-18)24-20(25)21(23,17-10-5-2-6-11-17)15-16-8-3-1-4-9-16/h1-14H,15,23H2,(H,24,25)/t21-/m1/s1. The van der Waals surface area contributed by atoms with Gasteiger partial charge in [0.1, 0.15) is 11.4 Å². The van der Waals surface area contributed by atoms with E-state index < -0.39 is 11.4 Å². The third kappa shape index (κ3) is 3.92. The zero-order chi connectivity index (χ0) is 17.7. The van der Waals surface area contributed by atoms with E-state index in [1.807, 2.05) is 60.7 Å². The van der Waals surface area contributed by atoms with Crippen molar-refractivity contribution in [2.75, 3.05) is 5.32 Å². The average Bonchev–Trinajstić information content (AvgIpc) is 2.63. The van der Waals surface area contributed by atoms with E-state index in [1.165, 1.54) is 12.1 Å². The second-order valence-corrected chi connectivity index (χ2v) is 5.96. The van der Waals surface area contributed by atoms with Gasteiger partial charge in [-0.3, -0.25) is 4.79 Å². The summed E-state index contributed by atoms with van der Waals surface area (Å²) in [7, 11) is 0. The largest absolute Gasteiger partial charge is 0.324 e. The Morgan fingerprint density at radius 3 is 2.20 bits per heavy atom. The molecule has 0 spiro atoms. The Bertz CT molecular complexity index is 852. The summed E-state index contributed by atoms with van der Waals surface area (Å²) in [6, 6.07) is 24.6. The highest BCUT2D eigenvalue weighted by atomic mass is 19.1. The quantitative estimate of drug-likeness (QED) is 0.744. The summed E-state index contributed by atoms with van der Waals surface area (Å²) in [6.07, 6.45) is 0.332. The fraction of sp³-hybridized carbons (Fsp3) is 0.0952. The molecular formula is C21H19FN2O. The number of amides is 1. The van der Waals surface area contributed by atoms with Crippen molar-refractivity contribution in [1.29, 1.82) is 0 Å².